The fourth-order valence-corrected chi connectivity index (χ4v) is 2.45. The molecule has 0 aliphatic rings. The van der Waals surface area contributed by atoms with Crippen LogP contribution < -0.4 is 4.74 Å². The van der Waals surface area contributed by atoms with Crippen LogP contribution in [0.2, 0.25) is 10.0 Å². The van der Waals surface area contributed by atoms with E-state index >= 15 is 0 Å². The van der Waals surface area contributed by atoms with E-state index in [1.54, 1.807) is 18.2 Å². The van der Waals surface area contributed by atoms with E-state index in [-0.39, 0.29) is 6.61 Å². The van der Waals surface area contributed by atoms with Gasteiger partial charge in [-0.1, -0.05) is 29.3 Å². The molecular formula is C14H11BrCl2O2. The van der Waals surface area contributed by atoms with Crippen molar-refractivity contribution in [1.82, 2.24) is 0 Å². The molecule has 1 N–H and O–H groups in total. The third-order valence-corrected chi connectivity index (χ3v) is 4.18. The number of aliphatic hydroxyl groups is 1. The van der Waals surface area contributed by atoms with E-state index in [1.807, 2.05) is 19.1 Å². The maximum Gasteiger partial charge on any atom is 0.147 e. The smallest absolute Gasteiger partial charge is 0.147 e. The van der Waals surface area contributed by atoms with Crippen molar-refractivity contribution in [2.24, 2.45) is 0 Å². The van der Waals surface area contributed by atoms with Crippen LogP contribution in [0.3, 0.4) is 0 Å². The first-order valence-corrected chi connectivity index (χ1v) is 7.09. The molecule has 100 valence electrons. The van der Waals surface area contributed by atoms with Gasteiger partial charge in [-0.3, -0.25) is 0 Å². The first-order chi connectivity index (χ1) is 9.01. The Kier molecular flexibility index (Phi) is 4.74. The number of hydrogen-bond donors (Lipinski definition) is 1. The van der Waals surface area contributed by atoms with Crippen LogP contribution in [0.15, 0.2) is 34.8 Å². The number of halogens is 3. The fraction of sp³-hybridized carbons (Fsp3) is 0.143. The third kappa shape index (κ3) is 3.42. The molecule has 0 unspecified atom stereocenters. The Morgan fingerprint density at radius 3 is 2.53 bits per heavy atom. The minimum atomic E-state index is 0.0109. The molecule has 0 bridgehead atoms. The van der Waals surface area contributed by atoms with Gasteiger partial charge in [0.05, 0.1) is 16.7 Å². The van der Waals surface area contributed by atoms with Crippen LogP contribution in [-0.2, 0) is 6.61 Å². The van der Waals surface area contributed by atoms with Gasteiger partial charge in [0.1, 0.15) is 11.5 Å². The maximum atomic E-state index is 9.13. The molecule has 2 nitrogen and oxygen atoms in total. The predicted molar refractivity (Wildman–Crippen MR) is 81.3 cm³/mol. The van der Waals surface area contributed by atoms with Crippen molar-refractivity contribution in [3.05, 3.63) is 56.0 Å². The molecule has 0 aromatic heterocycles. The molecule has 19 heavy (non-hydrogen) atoms. The second-order valence-electron chi connectivity index (χ2n) is 4.05. The summed E-state index contributed by atoms with van der Waals surface area (Å²) in [7, 11) is 0. The molecule has 2 aromatic carbocycles. The Balaban J connectivity index is 2.31. The Morgan fingerprint density at radius 2 is 1.89 bits per heavy atom. The molecule has 2 aromatic rings. The van der Waals surface area contributed by atoms with Crippen molar-refractivity contribution in [2.45, 2.75) is 13.5 Å². The average molecular weight is 362 g/mol. The minimum absolute atomic E-state index is 0.0109. The zero-order valence-electron chi connectivity index (χ0n) is 10.1. The fourth-order valence-electron chi connectivity index (χ4n) is 1.62. The highest BCUT2D eigenvalue weighted by Crippen LogP contribution is 2.36. The lowest BCUT2D eigenvalue weighted by Crippen LogP contribution is -1.91. The molecule has 0 radical (unpaired) electrons. The van der Waals surface area contributed by atoms with Gasteiger partial charge < -0.3 is 9.84 Å². The summed E-state index contributed by atoms with van der Waals surface area (Å²) in [5, 5.41) is 10.1. The predicted octanol–water partition coefficient (Wildman–Crippen LogP) is 5.35. The highest BCUT2D eigenvalue weighted by atomic mass is 79.9. The second-order valence-corrected chi connectivity index (χ2v) is 5.71. The molecule has 0 fully saturated rings. The Bertz CT molecular complexity index is 615. The van der Waals surface area contributed by atoms with E-state index in [1.165, 1.54) is 0 Å². The number of benzene rings is 2. The van der Waals surface area contributed by atoms with Crippen molar-refractivity contribution < 1.29 is 9.84 Å². The average Bonchev–Trinajstić information content (AvgIpc) is 2.36. The molecule has 2 rings (SSSR count). The molecule has 0 aliphatic carbocycles. The van der Waals surface area contributed by atoms with Crippen molar-refractivity contribution in [3.8, 4) is 11.5 Å². The summed E-state index contributed by atoms with van der Waals surface area (Å²) >= 11 is 15.4. The minimum Gasteiger partial charge on any atom is -0.456 e. The Hall–Kier alpha value is -0.740. The van der Waals surface area contributed by atoms with Crippen molar-refractivity contribution in [1.29, 1.82) is 0 Å². The molecule has 0 spiro atoms. The zero-order valence-corrected chi connectivity index (χ0v) is 13.2. The quantitative estimate of drug-likeness (QED) is 0.746. The van der Waals surface area contributed by atoms with Gasteiger partial charge in [-0.05, 0) is 52.2 Å². The van der Waals surface area contributed by atoms with Gasteiger partial charge in [0.25, 0.3) is 0 Å². The van der Waals surface area contributed by atoms with Crippen LogP contribution in [0.5, 0.6) is 11.5 Å². The van der Waals surface area contributed by atoms with Gasteiger partial charge >= 0.3 is 0 Å². The van der Waals surface area contributed by atoms with E-state index in [4.69, 9.17) is 33.0 Å². The van der Waals surface area contributed by atoms with Gasteiger partial charge in [-0.2, -0.15) is 0 Å². The number of ether oxygens (including phenoxy) is 1. The van der Waals surface area contributed by atoms with Gasteiger partial charge in [-0.25, -0.2) is 0 Å². The van der Waals surface area contributed by atoms with E-state index in [2.05, 4.69) is 15.9 Å². The van der Waals surface area contributed by atoms with Crippen molar-refractivity contribution in [3.63, 3.8) is 0 Å². The molecule has 5 heteroatoms. The monoisotopic (exact) mass is 360 g/mol. The summed E-state index contributed by atoms with van der Waals surface area (Å²) in [6.07, 6.45) is 0. The Labute approximate surface area is 130 Å². The SMILES string of the molecule is Cc1cc(Oc2cc(Cl)c(Br)cc2Cl)ccc1CO. The van der Waals surface area contributed by atoms with Crippen molar-refractivity contribution in [2.75, 3.05) is 0 Å². The van der Waals surface area contributed by atoms with Crippen LogP contribution in [-0.4, -0.2) is 5.11 Å². The van der Waals surface area contributed by atoms with Crippen LogP contribution in [0.4, 0.5) is 0 Å². The van der Waals surface area contributed by atoms with Gasteiger partial charge in [-0.15, -0.1) is 0 Å². The highest BCUT2D eigenvalue weighted by Gasteiger charge is 2.08. The van der Waals surface area contributed by atoms with Crippen LogP contribution in [0.25, 0.3) is 0 Å². The summed E-state index contributed by atoms with van der Waals surface area (Å²) in [5.41, 5.74) is 1.83. The lowest BCUT2D eigenvalue weighted by Gasteiger charge is -2.11. The summed E-state index contributed by atoms with van der Waals surface area (Å²) < 4.78 is 6.43. The first-order valence-electron chi connectivity index (χ1n) is 5.54. The summed E-state index contributed by atoms with van der Waals surface area (Å²) in [4.78, 5) is 0. The third-order valence-electron chi connectivity index (χ3n) is 2.69. The first kappa shape index (κ1) is 14.7. The highest BCUT2D eigenvalue weighted by molar-refractivity contribution is 9.10. The molecule has 0 heterocycles. The summed E-state index contributed by atoms with van der Waals surface area (Å²) in [5.74, 6) is 1.14. The largest absolute Gasteiger partial charge is 0.456 e. The van der Waals surface area contributed by atoms with Gasteiger partial charge in [0.2, 0.25) is 0 Å². The lowest BCUT2D eigenvalue weighted by atomic mass is 10.1. The number of hydrogen-bond acceptors (Lipinski definition) is 2. The van der Waals surface area contributed by atoms with E-state index in [0.717, 1.165) is 15.6 Å². The summed E-state index contributed by atoms with van der Waals surface area (Å²) in [6, 6.07) is 8.79. The second kappa shape index (κ2) is 6.14. The number of aliphatic hydroxyl groups excluding tert-OH is 1. The molecule has 0 saturated carbocycles. The number of aryl methyl sites for hydroxylation is 1. The Morgan fingerprint density at radius 1 is 1.16 bits per heavy atom. The molecule has 0 aliphatic heterocycles. The molecule has 0 saturated heterocycles. The van der Waals surface area contributed by atoms with Gasteiger partial charge in [0, 0.05) is 10.5 Å². The normalized spacial score (nSPS) is 10.6. The van der Waals surface area contributed by atoms with Crippen LogP contribution in [0.1, 0.15) is 11.1 Å². The van der Waals surface area contributed by atoms with Crippen LogP contribution in [0, 0.1) is 6.92 Å². The maximum absolute atomic E-state index is 9.13. The zero-order chi connectivity index (χ0) is 14.0. The lowest BCUT2D eigenvalue weighted by molar-refractivity contribution is 0.281. The number of rotatable bonds is 3. The van der Waals surface area contributed by atoms with Crippen LogP contribution >= 0.6 is 39.1 Å². The molecule has 0 amide bonds. The summed E-state index contributed by atoms with van der Waals surface area (Å²) in [6.45, 7) is 1.92. The van der Waals surface area contributed by atoms with E-state index in [0.29, 0.717) is 21.5 Å². The van der Waals surface area contributed by atoms with E-state index < -0.39 is 0 Å². The molecule has 0 atom stereocenters. The van der Waals surface area contributed by atoms with Crippen molar-refractivity contribution >= 4 is 39.1 Å². The van der Waals surface area contributed by atoms with E-state index in [9.17, 15) is 0 Å². The standard InChI is InChI=1S/C14H11BrCl2O2/c1-8-4-10(3-2-9(8)7-18)19-14-6-12(16)11(15)5-13(14)17/h2-6,18H,7H2,1H3. The van der Waals surface area contributed by atoms with Gasteiger partial charge in [0.15, 0.2) is 0 Å². The molecular weight excluding hydrogens is 351 g/mol. The topological polar surface area (TPSA) is 29.5 Å².